The van der Waals surface area contributed by atoms with E-state index in [1.807, 2.05) is 48.3 Å². The van der Waals surface area contributed by atoms with Crippen LogP contribution < -0.4 is 14.2 Å². The van der Waals surface area contributed by atoms with Gasteiger partial charge in [0.05, 0.1) is 26.4 Å². The first kappa shape index (κ1) is 19.9. The molecule has 2 aromatic carbocycles. The number of aliphatic hydroxyl groups excluding tert-OH is 1. The minimum Gasteiger partial charge on any atom is -0.496 e. The van der Waals surface area contributed by atoms with Crippen LogP contribution in [0.15, 0.2) is 40.9 Å². The Morgan fingerprint density at radius 2 is 2.00 bits per heavy atom. The van der Waals surface area contributed by atoms with Gasteiger partial charge < -0.3 is 24.1 Å². The number of methoxy groups -OCH3 is 1. The van der Waals surface area contributed by atoms with E-state index >= 15 is 0 Å². The van der Waals surface area contributed by atoms with Gasteiger partial charge in [-0.25, -0.2) is 0 Å². The molecular weight excluding hydrogens is 414 g/mol. The molecule has 27 heavy (non-hydrogen) atoms. The molecule has 0 saturated carbocycles. The quantitative estimate of drug-likeness (QED) is 0.649. The summed E-state index contributed by atoms with van der Waals surface area (Å²) in [5, 5.41) is 10.3. The van der Waals surface area contributed by atoms with Crippen molar-refractivity contribution in [3.05, 3.63) is 52.0 Å². The van der Waals surface area contributed by atoms with E-state index in [1.165, 1.54) is 0 Å². The van der Waals surface area contributed by atoms with E-state index in [9.17, 15) is 5.11 Å². The molecule has 1 N–H and O–H groups in total. The molecule has 146 valence electrons. The Morgan fingerprint density at radius 1 is 1.19 bits per heavy atom. The molecule has 0 aliphatic carbocycles. The van der Waals surface area contributed by atoms with Crippen molar-refractivity contribution in [3.63, 3.8) is 0 Å². The molecule has 0 radical (unpaired) electrons. The van der Waals surface area contributed by atoms with Gasteiger partial charge in [0.1, 0.15) is 5.75 Å². The first-order valence-electron chi connectivity index (χ1n) is 8.70. The molecule has 1 atom stereocenters. The van der Waals surface area contributed by atoms with Gasteiger partial charge in [-0.15, -0.1) is 0 Å². The average molecular weight is 438 g/mol. The summed E-state index contributed by atoms with van der Waals surface area (Å²) < 4.78 is 22.7. The first-order chi connectivity index (χ1) is 13.0. The molecule has 3 rings (SSSR count). The molecular formula is C20H24BrNO5. The van der Waals surface area contributed by atoms with E-state index in [-0.39, 0.29) is 13.4 Å². The molecule has 0 bridgehead atoms. The van der Waals surface area contributed by atoms with Gasteiger partial charge in [-0.3, -0.25) is 4.90 Å². The third-order valence-electron chi connectivity index (χ3n) is 4.22. The standard InChI is InChI=1S/C20H24BrNO5/c1-22(9-15-8-16(21)4-6-18(15)24-2)10-17(23)12-25-11-14-3-5-19-20(7-14)27-13-26-19/h3-8,17,23H,9-13H2,1-2H3. The molecule has 1 heterocycles. The summed E-state index contributed by atoms with van der Waals surface area (Å²) in [6, 6.07) is 11.6. The van der Waals surface area contributed by atoms with Crippen molar-refractivity contribution in [2.24, 2.45) is 0 Å². The maximum atomic E-state index is 10.3. The fourth-order valence-corrected chi connectivity index (χ4v) is 3.39. The molecule has 6 nitrogen and oxygen atoms in total. The van der Waals surface area contributed by atoms with Gasteiger partial charge in [0.25, 0.3) is 0 Å². The zero-order valence-electron chi connectivity index (χ0n) is 15.5. The van der Waals surface area contributed by atoms with E-state index in [4.69, 9.17) is 18.9 Å². The van der Waals surface area contributed by atoms with Crippen molar-refractivity contribution in [2.45, 2.75) is 19.3 Å². The predicted molar refractivity (Wildman–Crippen MR) is 105 cm³/mol. The number of rotatable bonds is 9. The van der Waals surface area contributed by atoms with Crippen LogP contribution in [0.2, 0.25) is 0 Å². The maximum absolute atomic E-state index is 10.3. The third-order valence-corrected chi connectivity index (χ3v) is 4.71. The van der Waals surface area contributed by atoms with Gasteiger partial charge in [-0.1, -0.05) is 22.0 Å². The second kappa shape index (κ2) is 9.41. The van der Waals surface area contributed by atoms with Crippen LogP contribution in [-0.4, -0.2) is 50.2 Å². The van der Waals surface area contributed by atoms with Gasteiger partial charge in [0.2, 0.25) is 6.79 Å². The van der Waals surface area contributed by atoms with E-state index in [0.717, 1.165) is 32.8 Å². The van der Waals surface area contributed by atoms with Crippen LogP contribution in [0.3, 0.4) is 0 Å². The van der Waals surface area contributed by atoms with Gasteiger partial charge in [0, 0.05) is 23.1 Å². The Bertz CT molecular complexity index is 770. The smallest absolute Gasteiger partial charge is 0.231 e. The van der Waals surface area contributed by atoms with Gasteiger partial charge in [0.15, 0.2) is 11.5 Å². The van der Waals surface area contributed by atoms with Crippen LogP contribution in [0.25, 0.3) is 0 Å². The van der Waals surface area contributed by atoms with E-state index in [0.29, 0.717) is 19.7 Å². The summed E-state index contributed by atoms with van der Waals surface area (Å²) in [7, 11) is 3.62. The predicted octanol–water partition coefficient (Wildman–Crippen LogP) is 3.20. The number of likely N-dealkylation sites (N-methyl/N-ethyl adjacent to an activating group) is 1. The largest absolute Gasteiger partial charge is 0.496 e. The Kier molecular flexibility index (Phi) is 6.95. The zero-order valence-corrected chi connectivity index (χ0v) is 17.1. The second-order valence-corrected chi connectivity index (χ2v) is 7.43. The van der Waals surface area contributed by atoms with Crippen molar-refractivity contribution in [2.75, 3.05) is 34.1 Å². The average Bonchev–Trinajstić information content (AvgIpc) is 3.09. The molecule has 0 amide bonds. The summed E-state index contributed by atoms with van der Waals surface area (Å²) in [6.07, 6.45) is -0.581. The minimum atomic E-state index is -0.581. The third kappa shape index (κ3) is 5.59. The lowest BCUT2D eigenvalue weighted by Gasteiger charge is -2.22. The van der Waals surface area contributed by atoms with Crippen molar-refractivity contribution in [3.8, 4) is 17.2 Å². The number of hydrogen-bond donors (Lipinski definition) is 1. The monoisotopic (exact) mass is 437 g/mol. The highest BCUT2D eigenvalue weighted by molar-refractivity contribution is 9.10. The first-order valence-corrected chi connectivity index (χ1v) is 9.49. The van der Waals surface area contributed by atoms with Gasteiger partial charge in [-0.05, 0) is 42.9 Å². The Morgan fingerprint density at radius 3 is 2.81 bits per heavy atom. The van der Waals surface area contributed by atoms with Crippen molar-refractivity contribution in [1.82, 2.24) is 4.90 Å². The lowest BCUT2D eigenvalue weighted by Crippen LogP contribution is -2.32. The molecule has 0 fully saturated rings. The molecule has 1 aliphatic heterocycles. The van der Waals surface area contributed by atoms with Crippen molar-refractivity contribution < 1.29 is 24.1 Å². The molecule has 0 saturated heterocycles. The van der Waals surface area contributed by atoms with Crippen LogP contribution in [0, 0.1) is 0 Å². The van der Waals surface area contributed by atoms with Gasteiger partial charge >= 0.3 is 0 Å². The highest BCUT2D eigenvalue weighted by Crippen LogP contribution is 2.32. The van der Waals surface area contributed by atoms with Crippen molar-refractivity contribution in [1.29, 1.82) is 0 Å². The second-order valence-electron chi connectivity index (χ2n) is 6.51. The Labute approximate surface area is 167 Å². The van der Waals surface area contributed by atoms with Gasteiger partial charge in [-0.2, -0.15) is 0 Å². The Balaban J connectivity index is 1.43. The SMILES string of the molecule is COc1ccc(Br)cc1CN(C)CC(O)COCc1ccc2c(c1)OCO2. The fraction of sp³-hybridized carbons (Fsp3) is 0.400. The van der Waals surface area contributed by atoms with Crippen molar-refractivity contribution >= 4 is 15.9 Å². The summed E-state index contributed by atoms with van der Waals surface area (Å²) in [5.41, 5.74) is 2.04. The summed E-state index contributed by atoms with van der Waals surface area (Å²) in [4.78, 5) is 2.04. The number of aliphatic hydroxyl groups is 1. The highest BCUT2D eigenvalue weighted by Gasteiger charge is 2.14. The summed E-state index contributed by atoms with van der Waals surface area (Å²) in [5.74, 6) is 2.32. The lowest BCUT2D eigenvalue weighted by molar-refractivity contribution is 0.0126. The summed E-state index contributed by atoms with van der Waals surface area (Å²) in [6.45, 7) is 2.09. The highest BCUT2D eigenvalue weighted by atomic mass is 79.9. The zero-order chi connectivity index (χ0) is 19.2. The maximum Gasteiger partial charge on any atom is 0.231 e. The number of halogens is 1. The number of ether oxygens (including phenoxy) is 4. The minimum absolute atomic E-state index is 0.257. The normalized spacial score (nSPS) is 13.8. The van der Waals surface area contributed by atoms with Crippen LogP contribution in [-0.2, 0) is 17.9 Å². The van der Waals surface area contributed by atoms with E-state index in [1.54, 1.807) is 7.11 Å². The Hall–Kier alpha value is -1.80. The number of hydrogen-bond acceptors (Lipinski definition) is 6. The van der Waals surface area contributed by atoms with E-state index < -0.39 is 6.10 Å². The molecule has 7 heteroatoms. The molecule has 1 aliphatic rings. The molecule has 0 aromatic heterocycles. The number of nitrogens with zero attached hydrogens (tertiary/aromatic N) is 1. The van der Waals surface area contributed by atoms with Crippen LogP contribution in [0.1, 0.15) is 11.1 Å². The molecule has 1 unspecified atom stereocenters. The number of fused-ring (bicyclic) bond motifs is 1. The fourth-order valence-electron chi connectivity index (χ4n) is 2.98. The van der Waals surface area contributed by atoms with Crippen LogP contribution >= 0.6 is 15.9 Å². The number of benzene rings is 2. The topological polar surface area (TPSA) is 60.4 Å². The van der Waals surface area contributed by atoms with Crippen LogP contribution in [0.5, 0.6) is 17.2 Å². The summed E-state index contributed by atoms with van der Waals surface area (Å²) >= 11 is 3.48. The van der Waals surface area contributed by atoms with Crippen LogP contribution in [0.4, 0.5) is 0 Å². The molecule has 0 spiro atoms. The van der Waals surface area contributed by atoms with E-state index in [2.05, 4.69) is 15.9 Å². The lowest BCUT2D eigenvalue weighted by atomic mass is 10.2. The molecule has 2 aromatic rings.